The van der Waals surface area contributed by atoms with Crippen molar-refractivity contribution in [1.82, 2.24) is 0 Å². The summed E-state index contributed by atoms with van der Waals surface area (Å²) in [5.41, 5.74) is 9.24. The molecule has 0 radical (unpaired) electrons. The predicted molar refractivity (Wildman–Crippen MR) is 109 cm³/mol. The standard InChI is InChI=1S/C25H19NO2/c1-14-17-11-12-19-18-10-6-5-9-16(18)13-20(15-7-3-2-4-8-15)21(19)22(17)25(28)23(26)24(14)27/h2-13,20,23H,26H2,1H3. The van der Waals surface area contributed by atoms with E-state index >= 15 is 0 Å². The van der Waals surface area contributed by atoms with E-state index in [4.69, 9.17) is 5.73 Å². The second kappa shape index (κ2) is 6.11. The Kier molecular flexibility index (Phi) is 3.68. The number of fused-ring (bicyclic) bond motifs is 4. The number of Topliss-reactive ketones (excluding diaryl/α,β-unsaturated/α-hetero) is 2. The molecule has 3 aromatic carbocycles. The van der Waals surface area contributed by atoms with Crippen molar-refractivity contribution < 1.29 is 9.59 Å². The summed E-state index contributed by atoms with van der Waals surface area (Å²) in [6, 6.07) is 21.2. The minimum absolute atomic E-state index is 0.0711. The van der Waals surface area contributed by atoms with E-state index in [1.54, 1.807) is 6.92 Å². The van der Waals surface area contributed by atoms with Crippen LogP contribution in [-0.4, -0.2) is 17.6 Å². The second-order valence-corrected chi connectivity index (χ2v) is 7.42. The molecule has 0 fully saturated rings. The predicted octanol–water partition coefficient (Wildman–Crippen LogP) is 2.16. The van der Waals surface area contributed by atoms with Crippen molar-refractivity contribution in [2.24, 2.45) is 5.73 Å². The highest BCUT2D eigenvalue weighted by atomic mass is 16.2. The Balaban J connectivity index is 2.02. The van der Waals surface area contributed by atoms with Crippen LogP contribution >= 0.6 is 0 Å². The van der Waals surface area contributed by atoms with Crippen LogP contribution < -0.4 is 16.2 Å². The van der Waals surface area contributed by atoms with Crippen LogP contribution in [0.2, 0.25) is 0 Å². The monoisotopic (exact) mass is 365 g/mol. The number of nitrogens with two attached hydrogens (primary N) is 1. The summed E-state index contributed by atoms with van der Waals surface area (Å²) in [7, 11) is 0. The van der Waals surface area contributed by atoms with E-state index < -0.39 is 6.04 Å². The van der Waals surface area contributed by atoms with Crippen LogP contribution in [0.25, 0.3) is 11.6 Å². The van der Waals surface area contributed by atoms with Gasteiger partial charge in [-0.1, -0.05) is 72.8 Å². The lowest BCUT2D eigenvalue weighted by molar-refractivity contribution is -0.114. The van der Waals surface area contributed by atoms with Gasteiger partial charge < -0.3 is 5.73 Å². The van der Waals surface area contributed by atoms with E-state index in [2.05, 4.69) is 30.3 Å². The van der Waals surface area contributed by atoms with E-state index in [0.717, 1.165) is 26.8 Å². The van der Waals surface area contributed by atoms with Gasteiger partial charge in [0.1, 0.15) is 6.04 Å². The molecule has 0 saturated carbocycles. The number of carbonyl (C=O) groups is 2. The number of hydrogen-bond acceptors (Lipinski definition) is 3. The maximum Gasteiger partial charge on any atom is 0.188 e. The fourth-order valence-corrected chi connectivity index (χ4v) is 4.47. The molecule has 0 aromatic heterocycles. The first-order valence-electron chi connectivity index (χ1n) is 9.42. The largest absolute Gasteiger partial charge is 0.315 e. The molecule has 0 saturated heterocycles. The molecule has 3 aromatic rings. The summed E-state index contributed by atoms with van der Waals surface area (Å²) in [6.45, 7) is 1.76. The van der Waals surface area contributed by atoms with Crippen molar-refractivity contribution in [2.45, 2.75) is 18.9 Å². The first kappa shape index (κ1) is 16.8. The SMILES string of the molecule is CC1=c2ccc3c(c2C(=O)C(N)C1=O)C(c1ccccc1)C=c1ccccc1=3. The lowest BCUT2D eigenvalue weighted by atomic mass is 9.77. The average molecular weight is 365 g/mol. The summed E-state index contributed by atoms with van der Waals surface area (Å²) in [5, 5.41) is 3.99. The molecular weight excluding hydrogens is 346 g/mol. The maximum absolute atomic E-state index is 13.2. The fourth-order valence-electron chi connectivity index (χ4n) is 4.47. The van der Waals surface area contributed by atoms with Crippen LogP contribution in [0.4, 0.5) is 0 Å². The molecule has 0 bridgehead atoms. The first-order chi connectivity index (χ1) is 13.6. The molecule has 5 rings (SSSR count). The van der Waals surface area contributed by atoms with Gasteiger partial charge in [0.05, 0.1) is 0 Å². The Hall–Kier alpha value is -3.30. The zero-order valence-electron chi connectivity index (χ0n) is 15.5. The highest BCUT2D eigenvalue weighted by Gasteiger charge is 2.34. The van der Waals surface area contributed by atoms with Gasteiger partial charge in [-0.15, -0.1) is 0 Å². The molecule has 136 valence electrons. The minimum atomic E-state index is -1.12. The van der Waals surface area contributed by atoms with Crippen LogP contribution in [0.1, 0.15) is 34.3 Å². The molecule has 2 unspecified atom stereocenters. The summed E-state index contributed by atoms with van der Waals surface area (Å²) >= 11 is 0. The molecule has 0 heterocycles. The Morgan fingerprint density at radius 1 is 0.750 bits per heavy atom. The Labute approximate surface area is 162 Å². The van der Waals surface area contributed by atoms with Crippen molar-refractivity contribution in [2.75, 3.05) is 0 Å². The molecule has 2 aliphatic rings. The van der Waals surface area contributed by atoms with Gasteiger partial charge >= 0.3 is 0 Å². The lowest BCUT2D eigenvalue weighted by Crippen LogP contribution is -2.47. The topological polar surface area (TPSA) is 60.2 Å². The molecule has 0 amide bonds. The lowest BCUT2D eigenvalue weighted by Gasteiger charge is -2.26. The van der Waals surface area contributed by atoms with Crippen LogP contribution in [0.5, 0.6) is 0 Å². The Morgan fingerprint density at radius 3 is 2.21 bits per heavy atom. The van der Waals surface area contributed by atoms with E-state index in [0.29, 0.717) is 16.4 Å². The van der Waals surface area contributed by atoms with Crippen molar-refractivity contribution in [3.63, 3.8) is 0 Å². The van der Waals surface area contributed by atoms with Gasteiger partial charge in [0.2, 0.25) is 0 Å². The molecule has 2 aliphatic carbocycles. The molecule has 0 spiro atoms. The molecule has 0 aliphatic heterocycles. The Bertz CT molecular complexity index is 1370. The third-order valence-electron chi connectivity index (χ3n) is 5.90. The van der Waals surface area contributed by atoms with Crippen LogP contribution in [-0.2, 0) is 4.79 Å². The molecular formula is C25H19NO2. The number of benzene rings is 3. The normalized spacial score (nSPS) is 20.1. The highest BCUT2D eigenvalue weighted by molar-refractivity contribution is 6.31. The number of hydrogen-bond donors (Lipinski definition) is 1. The summed E-state index contributed by atoms with van der Waals surface area (Å²) < 4.78 is 0. The second-order valence-electron chi connectivity index (χ2n) is 7.42. The van der Waals surface area contributed by atoms with Crippen LogP contribution in [0.3, 0.4) is 0 Å². The number of rotatable bonds is 1. The molecule has 2 N–H and O–H groups in total. The summed E-state index contributed by atoms with van der Waals surface area (Å²) in [4.78, 5) is 25.6. The van der Waals surface area contributed by atoms with Crippen LogP contribution in [0.15, 0.2) is 66.7 Å². The van der Waals surface area contributed by atoms with Crippen LogP contribution in [0, 0.1) is 10.4 Å². The minimum Gasteiger partial charge on any atom is -0.315 e. The Morgan fingerprint density at radius 2 is 1.43 bits per heavy atom. The highest BCUT2D eigenvalue weighted by Crippen LogP contribution is 2.32. The summed E-state index contributed by atoms with van der Waals surface area (Å²) in [5.74, 6) is -0.636. The average Bonchev–Trinajstić information content (AvgIpc) is 2.75. The van der Waals surface area contributed by atoms with E-state index in [9.17, 15) is 9.59 Å². The van der Waals surface area contributed by atoms with Gasteiger partial charge in [0, 0.05) is 17.1 Å². The smallest absolute Gasteiger partial charge is 0.188 e. The van der Waals surface area contributed by atoms with Gasteiger partial charge in [0.15, 0.2) is 11.6 Å². The quantitative estimate of drug-likeness (QED) is 0.673. The zero-order chi connectivity index (χ0) is 19.4. The van der Waals surface area contributed by atoms with Gasteiger partial charge in [0.25, 0.3) is 0 Å². The van der Waals surface area contributed by atoms with Crippen molar-refractivity contribution in [3.05, 3.63) is 104 Å². The molecule has 2 atom stereocenters. The van der Waals surface area contributed by atoms with Crippen molar-refractivity contribution >= 4 is 23.2 Å². The van der Waals surface area contributed by atoms with Gasteiger partial charge in [-0.05, 0) is 38.9 Å². The molecule has 3 nitrogen and oxygen atoms in total. The van der Waals surface area contributed by atoms with Gasteiger partial charge in [-0.2, -0.15) is 0 Å². The van der Waals surface area contributed by atoms with E-state index in [1.807, 2.05) is 42.5 Å². The summed E-state index contributed by atoms with van der Waals surface area (Å²) in [6.07, 6.45) is 2.21. The number of carbonyl (C=O) groups excluding carboxylic acids is 2. The van der Waals surface area contributed by atoms with Crippen molar-refractivity contribution in [3.8, 4) is 0 Å². The number of ketones is 2. The van der Waals surface area contributed by atoms with Gasteiger partial charge in [-0.3, -0.25) is 9.59 Å². The fraction of sp³-hybridized carbons (Fsp3) is 0.120. The maximum atomic E-state index is 13.2. The van der Waals surface area contributed by atoms with Gasteiger partial charge in [-0.25, -0.2) is 0 Å². The van der Waals surface area contributed by atoms with E-state index in [1.165, 1.54) is 0 Å². The zero-order valence-corrected chi connectivity index (χ0v) is 15.5. The molecule has 28 heavy (non-hydrogen) atoms. The van der Waals surface area contributed by atoms with Crippen molar-refractivity contribution in [1.29, 1.82) is 0 Å². The third kappa shape index (κ3) is 2.26. The first-order valence-corrected chi connectivity index (χ1v) is 9.42. The molecule has 3 heteroatoms. The van der Waals surface area contributed by atoms with E-state index in [-0.39, 0.29) is 17.5 Å². The third-order valence-corrected chi connectivity index (χ3v) is 5.90.